The first-order valence-corrected chi connectivity index (χ1v) is 6.55. The number of cyclic esters (lactones) is 1. The standard InChI is InChI=1S/C14H14ClNO3/c1-3-9-6-5-7-10(4-2)12(9)16-11(8-15)19-14(18)13(16)17/h5-8H,3-4H2,1-2H3/b11-8-. The maximum absolute atomic E-state index is 12.0. The van der Waals surface area contributed by atoms with Crippen molar-refractivity contribution in [3.63, 3.8) is 0 Å². The lowest BCUT2D eigenvalue weighted by atomic mass is 10.0. The molecule has 2 rings (SSSR count). The molecule has 1 aromatic carbocycles. The summed E-state index contributed by atoms with van der Waals surface area (Å²) in [6.07, 6.45) is 1.49. The molecule has 0 bridgehead atoms. The van der Waals surface area contributed by atoms with Crippen molar-refractivity contribution in [3.8, 4) is 0 Å². The number of hydrogen-bond acceptors (Lipinski definition) is 3. The molecule has 1 aliphatic rings. The molecule has 0 unspecified atom stereocenters. The van der Waals surface area contributed by atoms with E-state index in [1.807, 2.05) is 32.0 Å². The summed E-state index contributed by atoms with van der Waals surface area (Å²) in [7, 11) is 0. The van der Waals surface area contributed by atoms with Gasteiger partial charge in [-0.15, -0.1) is 0 Å². The van der Waals surface area contributed by atoms with Crippen LogP contribution in [-0.4, -0.2) is 11.9 Å². The number of rotatable bonds is 3. The van der Waals surface area contributed by atoms with E-state index in [1.54, 1.807) is 0 Å². The van der Waals surface area contributed by atoms with Crippen molar-refractivity contribution in [2.75, 3.05) is 4.90 Å². The van der Waals surface area contributed by atoms with Gasteiger partial charge in [-0.2, -0.15) is 0 Å². The quantitative estimate of drug-likeness (QED) is 0.631. The molecule has 1 amide bonds. The second kappa shape index (κ2) is 5.45. The third kappa shape index (κ3) is 2.24. The number of benzene rings is 1. The van der Waals surface area contributed by atoms with Crippen LogP contribution in [-0.2, 0) is 27.2 Å². The Hall–Kier alpha value is -1.81. The van der Waals surface area contributed by atoms with E-state index >= 15 is 0 Å². The zero-order valence-corrected chi connectivity index (χ0v) is 11.5. The molecule has 0 atom stereocenters. The number of nitrogens with zero attached hydrogens (tertiary/aromatic N) is 1. The van der Waals surface area contributed by atoms with E-state index in [9.17, 15) is 9.59 Å². The van der Waals surface area contributed by atoms with Crippen LogP contribution in [0.3, 0.4) is 0 Å². The Bertz CT molecular complexity index is 544. The summed E-state index contributed by atoms with van der Waals surface area (Å²) in [5.41, 5.74) is 3.76. The molecule has 5 heteroatoms. The number of esters is 1. The summed E-state index contributed by atoms with van der Waals surface area (Å²) in [4.78, 5) is 24.6. The molecule has 100 valence electrons. The number of carbonyl (C=O) groups is 2. The van der Waals surface area contributed by atoms with Gasteiger partial charge in [-0.1, -0.05) is 43.6 Å². The Balaban J connectivity index is 2.63. The molecule has 1 saturated heterocycles. The molecule has 0 radical (unpaired) electrons. The third-order valence-electron chi connectivity index (χ3n) is 3.08. The first kappa shape index (κ1) is 13.6. The zero-order valence-electron chi connectivity index (χ0n) is 10.8. The molecular weight excluding hydrogens is 266 g/mol. The molecule has 0 N–H and O–H groups in total. The maximum Gasteiger partial charge on any atom is 0.404 e. The normalized spacial score (nSPS) is 17.2. The largest absolute Gasteiger partial charge is 0.404 e. The molecule has 1 heterocycles. The summed E-state index contributed by atoms with van der Waals surface area (Å²) in [6, 6.07) is 5.79. The Labute approximate surface area is 116 Å². The average molecular weight is 280 g/mol. The number of ether oxygens (including phenoxy) is 1. The lowest BCUT2D eigenvalue weighted by Gasteiger charge is -2.20. The van der Waals surface area contributed by atoms with E-state index in [4.69, 9.17) is 16.3 Å². The van der Waals surface area contributed by atoms with E-state index < -0.39 is 11.9 Å². The molecule has 19 heavy (non-hydrogen) atoms. The fraction of sp³-hybridized carbons (Fsp3) is 0.286. The van der Waals surface area contributed by atoms with Crippen molar-refractivity contribution >= 4 is 29.2 Å². The van der Waals surface area contributed by atoms with E-state index in [1.165, 1.54) is 4.90 Å². The zero-order chi connectivity index (χ0) is 14.0. The number of halogens is 1. The monoisotopic (exact) mass is 279 g/mol. The van der Waals surface area contributed by atoms with Gasteiger partial charge in [0.05, 0.1) is 11.2 Å². The predicted octanol–water partition coefficient (Wildman–Crippen LogP) is 2.74. The number of hydrogen-bond donors (Lipinski definition) is 0. The van der Waals surface area contributed by atoms with Crippen LogP contribution in [0.5, 0.6) is 0 Å². The van der Waals surface area contributed by atoms with Crippen LogP contribution >= 0.6 is 11.6 Å². The summed E-state index contributed by atoms with van der Waals surface area (Å²) < 4.78 is 4.86. The minimum Gasteiger partial charge on any atom is -0.401 e. The molecule has 0 aliphatic carbocycles. The van der Waals surface area contributed by atoms with Gasteiger partial charge in [-0.05, 0) is 24.0 Å². The van der Waals surface area contributed by atoms with E-state index in [2.05, 4.69) is 0 Å². The van der Waals surface area contributed by atoms with Gasteiger partial charge in [-0.25, -0.2) is 9.69 Å². The highest BCUT2D eigenvalue weighted by molar-refractivity contribution is 6.42. The van der Waals surface area contributed by atoms with Crippen LogP contribution in [0.15, 0.2) is 29.6 Å². The minimum atomic E-state index is -0.903. The fourth-order valence-corrected chi connectivity index (χ4v) is 2.30. The van der Waals surface area contributed by atoms with Crippen LogP contribution < -0.4 is 4.90 Å². The van der Waals surface area contributed by atoms with Crippen molar-refractivity contribution < 1.29 is 14.3 Å². The molecule has 1 aromatic rings. The van der Waals surface area contributed by atoms with Crippen LogP contribution in [0.25, 0.3) is 0 Å². The summed E-state index contributed by atoms with van der Waals surface area (Å²) in [6.45, 7) is 3.98. The van der Waals surface area contributed by atoms with Gasteiger partial charge in [0, 0.05) is 0 Å². The SMILES string of the molecule is CCc1cccc(CC)c1N1C(=O)C(=O)O/C1=C\Cl. The van der Waals surface area contributed by atoms with E-state index in [0.717, 1.165) is 29.5 Å². The maximum atomic E-state index is 12.0. The molecule has 1 fully saturated rings. The van der Waals surface area contributed by atoms with Crippen LogP contribution in [0.1, 0.15) is 25.0 Å². The fourth-order valence-electron chi connectivity index (χ4n) is 2.16. The average Bonchev–Trinajstić information content (AvgIpc) is 2.73. The number of anilines is 1. The van der Waals surface area contributed by atoms with E-state index in [0.29, 0.717) is 5.69 Å². The Morgan fingerprint density at radius 2 is 1.79 bits per heavy atom. The first-order chi connectivity index (χ1) is 9.13. The molecule has 1 aliphatic heterocycles. The highest BCUT2D eigenvalue weighted by atomic mass is 35.5. The highest BCUT2D eigenvalue weighted by Crippen LogP contribution is 2.33. The topological polar surface area (TPSA) is 46.6 Å². The Morgan fingerprint density at radius 3 is 2.26 bits per heavy atom. The molecule has 0 aromatic heterocycles. The lowest BCUT2D eigenvalue weighted by Crippen LogP contribution is -2.28. The molecule has 4 nitrogen and oxygen atoms in total. The number of amides is 1. The number of carbonyl (C=O) groups excluding carboxylic acids is 2. The summed E-state index contributed by atoms with van der Waals surface area (Å²) in [5.74, 6) is -1.55. The lowest BCUT2D eigenvalue weighted by molar-refractivity contribution is -0.145. The van der Waals surface area contributed by atoms with Gasteiger partial charge in [0.1, 0.15) is 0 Å². The van der Waals surface area contributed by atoms with Gasteiger partial charge < -0.3 is 4.74 Å². The van der Waals surface area contributed by atoms with Crippen molar-refractivity contribution in [2.24, 2.45) is 0 Å². The van der Waals surface area contributed by atoms with Crippen LogP contribution in [0, 0.1) is 0 Å². The number of aryl methyl sites for hydroxylation is 2. The summed E-state index contributed by atoms with van der Waals surface area (Å²) >= 11 is 5.64. The molecule has 0 saturated carbocycles. The van der Waals surface area contributed by atoms with Crippen molar-refractivity contribution in [3.05, 3.63) is 40.7 Å². The van der Waals surface area contributed by atoms with Crippen molar-refractivity contribution in [2.45, 2.75) is 26.7 Å². The Morgan fingerprint density at radius 1 is 1.21 bits per heavy atom. The number of para-hydroxylation sites is 1. The second-order valence-corrected chi connectivity index (χ2v) is 4.33. The van der Waals surface area contributed by atoms with Gasteiger partial charge in [0.15, 0.2) is 0 Å². The third-order valence-corrected chi connectivity index (χ3v) is 3.26. The van der Waals surface area contributed by atoms with E-state index in [-0.39, 0.29) is 5.88 Å². The molecular formula is C14H14ClNO3. The van der Waals surface area contributed by atoms with Gasteiger partial charge in [-0.3, -0.25) is 4.79 Å². The smallest absolute Gasteiger partial charge is 0.401 e. The highest BCUT2D eigenvalue weighted by Gasteiger charge is 2.39. The van der Waals surface area contributed by atoms with Gasteiger partial charge in [0.2, 0.25) is 5.88 Å². The van der Waals surface area contributed by atoms with Gasteiger partial charge in [0.25, 0.3) is 0 Å². The van der Waals surface area contributed by atoms with Crippen LogP contribution in [0.4, 0.5) is 5.69 Å². The van der Waals surface area contributed by atoms with Gasteiger partial charge >= 0.3 is 11.9 Å². The first-order valence-electron chi connectivity index (χ1n) is 6.11. The second-order valence-electron chi connectivity index (χ2n) is 4.11. The predicted molar refractivity (Wildman–Crippen MR) is 72.7 cm³/mol. The Kier molecular flexibility index (Phi) is 3.90. The van der Waals surface area contributed by atoms with Crippen molar-refractivity contribution in [1.82, 2.24) is 0 Å². The summed E-state index contributed by atoms with van der Waals surface area (Å²) in [5, 5.41) is 0. The minimum absolute atomic E-state index is 0.0623. The van der Waals surface area contributed by atoms with Crippen molar-refractivity contribution in [1.29, 1.82) is 0 Å². The van der Waals surface area contributed by atoms with Crippen LogP contribution in [0.2, 0.25) is 0 Å². The molecule has 0 spiro atoms.